The molecule has 1 aromatic carbocycles. The van der Waals surface area contributed by atoms with Crippen molar-refractivity contribution >= 4 is 64.2 Å². The molecule has 1 aliphatic heterocycles. The molecular weight excluding hydrogens is 392 g/mol. The van der Waals surface area contributed by atoms with Crippen molar-refractivity contribution in [3.05, 3.63) is 17.1 Å². The molecule has 1 saturated heterocycles. The minimum atomic E-state index is -3.18. The van der Waals surface area contributed by atoms with Crippen molar-refractivity contribution in [3.63, 3.8) is 0 Å². The number of fused-ring (bicyclic) bond motifs is 3. The summed E-state index contributed by atoms with van der Waals surface area (Å²) in [5.41, 5.74) is 1.76. The molecule has 0 atom stereocenters. The van der Waals surface area contributed by atoms with Crippen LogP contribution in [0.2, 0.25) is 0 Å². The number of rotatable bonds is 3. The summed E-state index contributed by atoms with van der Waals surface area (Å²) in [5.74, 6) is -0.288. The molecule has 3 aromatic rings. The Bertz CT molecular complexity index is 1090. The molecule has 1 aliphatic rings. The van der Waals surface area contributed by atoms with Gasteiger partial charge in [-0.15, -0.1) is 11.3 Å². The zero-order valence-electron chi connectivity index (χ0n) is 14.4. The Morgan fingerprint density at radius 3 is 2.65 bits per heavy atom. The summed E-state index contributed by atoms with van der Waals surface area (Å²) in [4.78, 5) is 21.6. The number of hydrogen-bond acceptors (Lipinski definition) is 7. The smallest absolute Gasteiger partial charge is 0.229 e. The Morgan fingerprint density at radius 1 is 1.23 bits per heavy atom. The van der Waals surface area contributed by atoms with Crippen LogP contribution in [0, 0.1) is 12.8 Å². The first-order valence-electron chi connectivity index (χ1n) is 8.24. The summed E-state index contributed by atoms with van der Waals surface area (Å²) in [6.45, 7) is 2.74. The number of anilines is 1. The van der Waals surface area contributed by atoms with Gasteiger partial charge in [-0.2, -0.15) is 0 Å². The van der Waals surface area contributed by atoms with Gasteiger partial charge < -0.3 is 5.32 Å². The van der Waals surface area contributed by atoms with Crippen LogP contribution < -0.4 is 5.32 Å². The van der Waals surface area contributed by atoms with E-state index in [1.807, 2.05) is 19.1 Å². The van der Waals surface area contributed by atoms with Gasteiger partial charge in [-0.1, -0.05) is 11.3 Å². The molecule has 0 spiro atoms. The highest BCUT2D eigenvalue weighted by atomic mass is 32.2. The van der Waals surface area contributed by atoms with Crippen molar-refractivity contribution in [2.24, 2.45) is 5.92 Å². The third kappa shape index (κ3) is 3.34. The Morgan fingerprint density at radius 2 is 1.96 bits per heavy atom. The van der Waals surface area contributed by atoms with E-state index in [-0.39, 0.29) is 11.8 Å². The number of piperidine rings is 1. The monoisotopic (exact) mass is 410 g/mol. The van der Waals surface area contributed by atoms with E-state index >= 15 is 0 Å². The molecule has 0 radical (unpaired) electrons. The average Bonchev–Trinajstić information content (AvgIpc) is 3.15. The van der Waals surface area contributed by atoms with E-state index in [9.17, 15) is 13.2 Å². The highest BCUT2D eigenvalue weighted by Gasteiger charge is 2.29. The van der Waals surface area contributed by atoms with Crippen LogP contribution in [0.25, 0.3) is 20.4 Å². The van der Waals surface area contributed by atoms with E-state index in [1.54, 1.807) is 11.3 Å². The second kappa shape index (κ2) is 6.52. The quantitative estimate of drug-likeness (QED) is 0.717. The summed E-state index contributed by atoms with van der Waals surface area (Å²) in [5, 5.41) is 4.47. The lowest BCUT2D eigenvalue weighted by Gasteiger charge is -2.29. The van der Waals surface area contributed by atoms with Gasteiger partial charge in [0, 0.05) is 19.0 Å². The normalized spacial score (nSPS) is 17.2. The molecule has 0 aliphatic carbocycles. The molecular formula is C16H18N4O3S3. The zero-order chi connectivity index (χ0) is 18.5. The van der Waals surface area contributed by atoms with Gasteiger partial charge in [0.25, 0.3) is 0 Å². The lowest BCUT2D eigenvalue weighted by molar-refractivity contribution is -0.120. The van der Waals surface area contributed by atoms with Crippen LogP contribution in [0.1, 0.15) is 17.8 Å². The Balaban J connectivity index is 1.50. The number of nitrogens with zero attached hydrogens (tertiary/aromatic N) is 3. The lowest BCUT2D eigenvalue weighted by Crippen LogP contribution is -2.40. The fourth-order valence-corrected chi connectivity index (χ4v) is 5.93. The third-order valence-electron chi connectivity index (χ3n) is 4.55. The second-order valence-corrected chi connectivity index (χ2v) is 10.7. The third-order valence-corrected chi connectivity index (χ3v) is 7.78. The van der Waals surface area contributed by atoms with Crippen molar-refractivity contribution in [1.82, 2.24) is 14.3 Å². The molecule has 1 N–H and O–H groups in total. The Labute approximate surface area is 159 Å². The first-order valence-corrected chi connectivity index (χ1v) is 11.7. The number of amides is 1. The topological polar surface area (TPSA) is 92.3 Å². The average molecular weight is 411 g/mol. The van der Waals surface area contributed by atoms with E-state index in [0.29, 0.717) is 31.1 Å². The summed E-state index contributed by atoms with van der Waals surface area (Å²) in [6.07, 6.45) is 2.26. The van der Waals surface area contributed by atoms with Gasteiger partial charge in [-0.3, -0.25) is 4.79 Å². The number of nitrogens with one attached hydrogen (secondary N) is 1. The zero-order valence-corrected chi connectivity index (χ0v) is 16.8. The Hall–Kier alpha value is -1.62. The van der Waals surface area contributed by atoms with Crippen LogP contribution in [0.15, 0.2) is 12.1 Å². The van der Waals surface area contributed by atoms with Crippen molar-refractivity contribution in [3.8, 4) is 0 Å². The van der Waals surface area contributed by atoms with Crippen molar-refractivity contribution in [2.45, 2.75) is 19.8 Å². The van der Waals surface area contributed by atoms with Crippen LogP contribution in [0.5, 0.6) is 0 Å². The molecule has 0 saturated carbocycles. The first kappa shape index (κ1) is 17.8. The number of carbonyl (C=O) groups excluding carboxylic acids is 1. The molecule has 1 fully saturated rings. The van der Waals surface area contributed by atoms with Crippen molar-refractivity contribution < 1.29 is 13.2 Å². The number of carbonyl (C=O) groups is 1. The number of benzene rings is 1. The number of aryl methyl sites for hydroxylation is 1. The van der Waals surface area contributed by atoms with Crippen LogP contribution in [-0.4, -0.2) is 47.9 Å². The highest BCUT2D eigenvalue weighted by molar-refractivity contribution is 7.88. The minimum absolute atomic E-state index is 0.0945. The largest absolute Gasteiger partial charge is 0.302 e. The molecule has 4 rings (SSSR count). The van der Waals surface area contributed by atoms with Crippen molar-refractivity contribution in [1.29, 1.82) is 0 Å². The first-order chi connectivity index (χ1) is 12.3. The molecule has 10 heteroatoms. The van der Waals surface area contributed by atoms with E-state index in [4.69, 9.17) is 0 Å². The summed E-state index contributed by atoms with van der Waals surface area (Å²) >= 11 is 3.07. The predicted molar refractivity (Wildman–Crippen MR) is 105 cm³/mol. The number of sulfonamides is 1. The molecule has 2 aromatic heterocycles. The lowest BCUT2D eigenvalue weighted by atomic mass is 9.97. The summed E-state index contributed by atoms with van der Waals surface area (Å²) < 4.78 is 26.7. The maximum Gasteiger partial charge on any atom is 0.229 e. The van der Waals surface area contributed by atoms with Gasteiger partial charge in [0.1, 0.15) is 5.52 Å². The fourth-order valence-electron chi connectivity index (χ4n) is 3.20. The van der Waals surface area contributed by atoms with Gasteiger partial charge in [0.2, 0.25) is 15.9 Å². The summed E-state index contributed by atoms with van der Waals surface area (Å²) in [6, 6.07) is 3.96. The molecule has 7 nitrogen and oxygen atoms in total. The molecule has 26 heavy (non-hydrogen) atoms. The van der Waals surface area contributed by atoms with Crippen molar-refractivity contribution in [2.75, 3.05) is 24.7 Å². The number of hydrogen-bond donors (Lipinski definition) is 1. The van der Waals surface area contributed by atoms with Gasteiger partial charge >= 0.3 is 0 Å². The molecule has 0 bridgehead atoms. The van der Waals surface area contributed by atoms with Crippen LogP contribution in [0.4, 0.5) is 5.13 Å². The Kier molecular flexibility index (Phi) is 4.46. The maximum atomic E-state index is 12.5. The standard InChI is InChI=1S/C16H18N4O3S3/c1-9-17-13-12(24-9)4-3-11-14(13)25-16(18-11)19-15(21)10-5-7-20(8-6-10)26(2,22)23/h3-4,10H,5-8H2,1-2H3,(H,18,19,21). The molecule has 138 valence electrons. The van der Waals surface area contributed by atoms with Crippen LogP contribution in [-0.2, 0) is 14.8 Å². The van der Waals surface area contributed by atoms with E-state index in [0.717, 1.165) is 25.4 Å². The number of aromatic nitrogens is 2. The van der Waals surface area contributed by atoms with Gasteiger partial charge in [-0.05, 0) is 31.9 Å². The number of thiazole rings is 2. The maximum absolute atomic E-state index is 12.5. The van der Waals surface area contributed by atoms with Gasteiger partial charge in [0.15, 0.2) is 5.13 Å². The second-order valence-electron chi connectivity index (χ2n) is 6.44. The van der Waals surface area contributed by atoms with Crippen LogP contribution in [0.3, 0.4) is 0 Å². The summed E-state index contributed by atoms with van der Waals surface area (Å²) in [7, 11) is -3.18. The molecule has 1 amide bonds. The van der Waals surface area contributed by atoms with E-state index in [1.165, 1.54) is 21.9 Å². The van der Waals surface area contributed by atoms with Gasteiger partial charge in [0.05, 0.1) is 26.2 Å². The molecule has 0 unspecified atom stereocenters. The van der Waals surface area contributed by atoms with E-state index < -0.39 is 10.0 Å². The fraction of sp³-hybridized carbons (Fsp3) is 0.438. The van der Waals surface area contributed by atoms with E-state index in [2.05, 4.69) is 15.3 Å². The van der Waals surface area contributed by atoms with Crippen LogP contribution >= 0.6 is 22.7 Å². The van der Waals surface area contributed by atoms with Gasteiger partial charge in [-0.25, -0.2) is 22.7 Å². The minimum Gasteiger partial charge on any atom is -0.302 e. The highest BCUT2D eigenvalue weighted by Crippen LogP contribution is 2.35. The molecule has 3 heterocycles. The SMILES string of the molecule is Cc1nc2c(ccc3nc(NC(=O)C4CCN(S(C)(=O)=O)CC4)sc32)s1. The predicted octanol–water partition coefficient (Wildman–Crippen LogP) is 2.82.